The number of fused-ring (bicyclic) bond motifs is 1. The summed E-state index contributed by atoms with van der Waals surface area (Å²) in [6.45, 7) is 1.60. The number of rotatable bonds is 5. The summed E-state index contributed by atoms with van der Waals surface area (Å²) in [4.78, 5) is 0. The van der Waals surface area contributed by atoms with E-state index in [2.05, 4.69) is 12.1 Å². The molecule has 2 fully saturated rings. The number of nitrogens with two attached hydrogens (primary N) is 1. The number of hydrogen-bond donors (Lipinski definition) is 1. The normalized spacial score (nSPS) is 28.7. The van der Waals surface area contributed by atoms with Crippen molar-refractivity contribution in [3.8, 4) is 5.75 Å². The first-order valence-corrected chi connectivity index (χ1v) is 8.20. The van der Waals surface area contributed by atoms with E-state index in [1.807, 2.05) is 42.5 Å². The molecular weight excluding hydrogens is 306 g/mol. The maximum atomic E-state index is 6.00. The van der Waals surface area contributed by atoms with Crippen LogP contribution in [0.15, 0.2) is 54.6 Å². The van der Waals surface area contributed by atoms with Crippen molar-refractivity contribution in [2.45, 2.75) is 31.0 Å². The average Bonchev–Trinajstić information content (AvgIpc) is 3.19. The fourth-order valence-electron chi connectivity index (χ4n) is 3.17. The fourth-order valence-corrected chi connectivity index (χ4v) is 3.17. The Hall–Kier alpha value is -2.08. The van der Waals surface area contributed by atoms with Gasteiger partial charge in [0.15, 0.2) is 6.10 Å². The molecule has 2 aliphatic rings. The van der Waals surface area contributed by atoms with Gasteiger partial charge in [-0.15, -0.1) is 0 Å². The van der Waals surface area contributed by atoms with Crippen molar-refractivity contribution < 1.29 is 18.9 Å². The fraction of sp³-hybridized carbons (Fsp3) is 0.368. The van der Waals surface area contributed by atoms with Crippen LogP contribution in [-0.4, -0.2) is 37.6 Å². The Bertz CT molecular complexity index is 661. The van der Waals surface area contributed by atoms with Crippen LogP contribution in [0.4, 0.5) is 5.69 Å². The minimum absolute atomic E-state index is 0.0600. The summed E-state index contributed by atoms with van der Waals surface area (Å²) in [5.41, 5.74) is 7.56. The van der Waals surface area contributed by atoms with Crippen LogP contribution in [0.3, 0.4) is 0 Å². The highest BCUT2D eigenvalue weighted by atomic mass is 16.6. The van der Waals surface area contributed by atoms with Crippen molar-refractivity contribution in [1.29, 1.82) is 0 Å². The number of nitrogen functional groups attached to an aromatic ring is 1. The minimum Gasteiger partial charge on any atom is -0.485 e. The number of benzene rings is 2. The van der Waals surface area contributed by atoms with E-state index in [-0.39, 0.29) is 24.4 Å². The van der Waals surface area contributed by atoms with Crippen molar-refractivity contribution >= 4 is 5.69 Å². The van der Waals surface area contributed by atoms with E-state index in [1.165, 1.54) is 0 Å². The molecule has 2 N–H and O–H groups in total. The topological polar surface area (TPSA) is 62.9 Å². The summed E-state index contributed by atoms with van der Waals surface area (Å²) in [7, 11) is 0. The summed E-state index contributed by atoms with van der Waals surface area (Å²) in [5, 5.41) is 0. The van der Waals surface area contributed by atoms with Gasteiger partial charge in [-0.3, -0.25) is 0 Å². The average molecular weight is 327 g/mol. The highest BCUT2D eigenvalue weighted by Crippen LogP contribution is 2.32. The van der Waals surface area contributed by atoms with Crippen molar-refractivity contribution in [2.24, 2.45) is 0 Å². The van der Waals surface area contributed by atoms with Gasteiger partial charge in [0.2, 0.25) is 0 Å². The van der Waals surface area contributed by atoms with Crippen molar-refractivity contribution in [3.63, 3.8) is 0 Å². The molecule has 2 aromatic carbocycles. The minimum atomic E-state index is -0.121. The molecule has 24 heavy (non-hydrogen) atoms. The maximum absolute atomic E-state index is 6.00. The van der Waals surface area contributed by atoms with Crippen LogP contribution >= 0.6 is 0 Å². The zero-order valence-electron chi connectivity index (χ0n) is 13.3. The lowest BCUT2D eigenvalue weighted by Gasteiger charge is -2.18. The first-order chi connectivity index (χ1) is 11.8. The molecule has 0 aromatic heterocycles. The quantitative estimate of drug-likeness (QED) is 0.855. The van der Waals surface area contributed by atoms with E-state index >= 15 is 0 Å². The predicted molar refractivity (Wildman–Crippen MR) is 89.8 cm³/mol. The number of anilines is 1. The second kappa shape index (κ2) is 6.81. The summed E-state index contributed by atoms with van der Waals surface area (Å²) in [6, 6.07) is 17.5. The highest BCUT2D eigenvalue weighted by molar-refractivity contribution is 5.41. The first-order valence-electron chi connectivity index (χ1n) is 8.20. The van der Waals surface area contributed by atoms with E-state index in [0.717, 1.165) is 17.0 Å². The van der Waals surface area contributed by atoms with Crippen LogP contribution in [-0.2, 0) is 20.8 Å². The third kappa shape index (κ3) is 3.24. The van der Waals surface area contributed by atoms with E-state index in [9.17, 15) is 0 Å². The third-order valence-electron chi connectivity index (χ3n) is 4.44. The number of hydrogen-bond acceptors (Lipinski definition) is 5. The monoisotopic (exact) mass is 327 g/mol. The van der Waals surface area contributed by atoms with Crippen LogP contribution in [0.25, 0.3) is 0 Å². The van der Waals surface area contributed by atoms with E-state index in [4.69, 9.17) is 24.7 Å². The molecule has 0 amide bonds. The molecule has 0 aliphatic carbocycles. The lowest BCUT2D eigenvalue weighted by Crippen LogP contribution is -2.35. The summed E-state index contributed by atoms with van der Waals surface area (Å²) < 4.78 is 23.8. The Kier molecular flexibility index (Phi) is 4.38. The molecular formula is C19H21NO4. The molecule has 5 heteroatoms. The molecule has 2 saturated heterocycles. The molecule has 4 rings (SSSR count). The van der Waals surface area contributed by atoms with Crippen LogP contribution in [0.5, 0.6) is 5.75 Å². The van der Waals surface area contributed by atoms with Crippen molar-refractivity contribution in [1.82, 2.24) is 0 Å². The Labute approximate surface area is 141 Å². The Balaban J connectivity index is 1.34. The lowest BCUT2D eigenvalue weighted by molar-refractivity contribution is -0.0425. The molecule has 0 unspecified atom stereocenters. The Morgan fingerprint density at radius 1 is 0.875 bits per heavy atom. The zero-order chi connectivity index (χ0) is 16.4. The molecule has 2 heterocycles. The summed E-state index contributed by atoms with van der Waals surface area (Å²) in [5.74, 6) is 0.774. The lowest BCUT2D eigenvalue weighted by atomic mass is 10.1. The SMILES string of the molecule is Nc1ccc(O[C@H]2CO[C@H]3[C@@H]2OC[C@@H]3OCc2ccccc2)cc1. The standard InChI is InChI=1S/C19H21NO4/c20-14-6-8-15(9-7-14)24-17-12-23-18-16(11-22-19(17)18)21-10-13-4-2-1-3-5-13/h1-9,16-19H,10-12,20H2/t16-,17-,18+,19+/m0/s1. The van der Waals surface area contributed by atoms with Crippen LogP contribution in [0.2, 0.25) is 0 Å². The van der Waals surface area contributed by atoms with Gasteiger partial charge in [0.05, 0.1) is 19.8 Å². The van der Waals surface area contributed by atoms with Crippen LogP contribution in [0.1, 0.15) is 5.56 Å². The van der Waals surface area contributed by atoms with Crippen molar-refractivity contribution in [3.05, 3.63) is 60.2 Å². The molecule has 5 nitrogen and oxygen atoms in total. The van der Waals surface area contributed by atoms with Gasteiger partial charge >= 0.3 is 0 Å². The Morgan fingerprint density at radius 2 is 1.54 bits per heavy atom. The zero-order valence-corrected chi connectivity index (χ0v) is 13.3. The number of ether oxygens (including phenoxy) is 4. The molecule has 2 aromatic rings. The van der Waals surface area contributed by atoms with Gasteiger partial charge in [-0.25, -0.2) is 0 Å². The molecule has 0 saturated carbocycles. The molecule has 0 radical (unpaired) electrons. The highest BCUT2D eigenvalue weighted by Gasteiger charge is 2.49. The smallest absolute Gasteiger partial charge is 0.151 e. The van der Waals surface area contributed by atoms with Crippen LogP contribution < -0.4 is 10.5 Å². The summed E-state index contributed by atoms with van der Waals surface area (Å²) in [6.07, 6.45) is -0.352. The maximum Gasteiger partial charge on any atom is 0.151 e. The Morgan fingerprint density at radius 3 is 2.29 bits per heavy atom. The van der Waals surface area contributed by atoms with E-state index in [0.29, 0.717) is 19.8 Å². The largest absolute Gasteiger partial charge is 0.485 e. The van der Waals surface area contributed by atoms with Gasteiger partial charge in [0.1, 0.15) is 24.1 Å². The summed E-state index contributed by atoms with van der Waals surface area (Å²) >= 11 is 0. The molecule has 4 atom stereocenters. The molecule has 2 aliphatic heterocycles. The van der Waals surface area contributed by atoms with Gasteiger partial charge < -0.3 is 24.7 Å². The van der Waals surface area contributed by atoms with E-state index < -0.39 is 0 Å². The molecule has 126 valence electrons. The predicted octanol–water partition coefficient (Wildman–Crippen LogP) is 2.40. The van der Waals surface area contributed by atoms with Gasteiger partial charge in [-0.05, 0) is 29.8 Å². The van der Waals surface area contributed by atoms with Crippen LogP contribution in [0, 0.1) is 0 Å². The third-order valence-corrected chi connectivity index (χ3v) is 4.44. The van der Waals surface area contributed by atoms with Gasteiger partial charge in [0, 0.05) is 5.69 Å². The second-order valence-electron chi connectivity index (χ2n) is 6.16. The van der Waals surface area contributed by atoms with Gasteiger partial charge in [-0.1, -0.05) is 30.3 Å². The second-order valence-corrected chi connectivity index (χ2v) is 6.16. The van der Waals surface area contributed by atoms with E-state index in [1.54, 1.807) is 0 Å². The van der Waals surface area contributed by atoms with Gasteiger partial charge in [-0.2, -0.15) is 0 Å². The molecule has 0 spiro atoms. The first kappa shape index (κ1) is 15.4. The molecule has 0 bridgehead atoms. The van der Waals surface area contributed by atoms with Crippen molar-refractivity contribution in [2.75, 3.05) is 18.9 Å². The van der Waals surface area contributed by atoms with Gasteiger partial charge in [0.25, 0.3) is 0 Å².